The van der Waals surface area contributed by atoms with Crippen LogP contribution in [0.4, 0.5) is 5.69 Å². The molecule has 0 spiro atoms. The molecule has 1 aliphatic heterocycles. The van der Waals surface area contributed by atoms with Crippen molar-refractivity contribution in [1.82, 2.24) is 4.90 Å². The Morgan fingerprint density at radius 1 is 1.15 bits per heavy atom. The number of anilines is 1. The molecular weight excluding hydrogens is 344 g/mol. The first-order valence-corrected chi connectivity index (χ1v) is 9.69. The number of amides is 2. The van der Waals surface area contributed by atoms with Crippen LogP contribution in [0.5, 0.6) is 0 Å². The van der Waals surface area contributed by atoms with Crippen molar-refractivity contribution in [3.05, 3.63) is 29.8 Å². The van der Waals surface area contributed by atoms with Crippen LogP contribution in [0.15, 0.2) is 24.3 Å². The van der Waals surface area contributed by atoms with Crippen LogP contribution in [-0.4, -0.2) is 42.9 Å². The topological polar surface area (TPSA) is 75.7 Å². The third kappa shape index (κ3) is 7.41. The zero-order chi connectivity index (χ0) is 19.6. The van der Waals surface area contributed by atoms with Gasteiger partial charge in [0.25, 0.3) is 0 Å². The number of likely N-dealkylation sites (tertiary alicyclic amines) is 1. The first-order valence-electron chi connectivity index (χ1n) is 9.69. The van der Waals surface area contributed by atoms with Gasteiger partial charge in [0.05, 0.1) is 7.11 Å². The summed E-state index contributed by atoms with van der Waals surface area (Å²) in [4.78, 5) is 37.3. The number of methoxy groups -OCH3 is 1. The molecule has 0 aromatic heterocycles. The lowest BCUT2D eigenvalue weighted by Crippen LogP contribution is -2.38. The van der Waals surface area contributed by atoms with Crippen LogP contribution in [0.25, 0.3) is 0 Å². The second-order valence-corrected chi connectivity index (χ2v) is 7.21. The maximum Gasteiger partial charge on any atom is 0.305 e. The highest BCUT2D eigenvalue weighted by Gasteiger charge is 2.23. The fourth-order valence-corrected chi connectivity index (χ4v) is 3.40. The molecule has 27 heavy (non-hydrogen) atoms. The normalized spacial score (nSPS) is 14.7. The minimum Gasteiger partial charge on any atom is -0.469 e. The number of hydrogen-bond acceptors (Lipinski definition) is 4. The number of benzene rings is 1. The largest absolute Gasteiger partial charge is 0.469 e. The Labute approximate surface area is 161 Å². The number of esters is 1. The van der Waals surface area contributed by atoms with Gasteiger partial charge in [-0.1, -0.05) is 12.1 Å². The van der Waals surface area contributed by atoms with Crippen molar-refractivity contribution in [2.45, 2.75) is 51.9 Å². The summed E-state index contributed by atoms with van der Waals surface area (Å²) in [5, 5.41) is 2.95. The van der Waals surface area contributed by atoms with E-state index >= 15 is 0 Å². The van der Waals surface area contributed by atoms with E-state index in [0.717, 1.165) is 43.6 Å². The number of aryl methyl sites for hydroxylation is 1. The van der Waals surface area contributed by atoms with E-state index in [-0.39, 0.29) is 24.2 Å². The van der Waals surface area contributed by atoms with Gasteiger partial charge in [0.1, 0.15) is 0 Å². The number of carbonyl (C=O) groups excluding carboxylic acids is 3. The zero-order valence-electron chi connectivity index (χ0n) is 16.3. The Bertz CT molecular complexity index is 651. The molecule has 0 atom stereocenters. The highest BCUT2D eigenvalue weighted by molar-refractivity contribution is 5.90. The zero-order valence-corrected chi connectivity index (χ0v) is 16.3. The van der Waals surface area contributed by atoms with Crippen LogP contribution in [0, 0.1) is 12.8 Å². The average Bonchev–Trinajstić information content (AvgIpc) is 2.66. The number of ether oxygens (including phenoxy) is 1. The Morgan fingerprint density at radius 2 is 1.89 bits per heavy atom. The molecule has 1 aromatic carbocycles. The summed E-state index contributed by atoms with van der Waals surface area (Å²) < 4.78 is 4.58. The van der Waals surface area contributed by atoms with Crippen molar-refractivity contribution in [2.75, 3.05) is 25.5 Å². The predicted molar refractivity (Wildman–Crippen MR) is 104 cm³/mol. The Balaban J connectivity index is 1.63. The molecule has 1 N–H and O–H groups in total. The van der Waals surface area contributed by atoms with Gasteiger partial charge in [-0.15, -0.1) is 0 Å². The van der Waals surface area contributed by atoms with Crippen LogP contribution in [0.3, 0.4) is 0 Å². The standard InChI is InChI=1S/C21H30N2O4/c1-16-5-3-6-18(15-16)22-19(24)10-9-17-11-13-23(14-12-17)20(25)7-4-8-21(26)27-2/h3,5-6,15,17H,4,7-14H2,1-2H3,(H,22,24). The summed E-state index contributed by atoms with van der Waals surface area (Å²) >= 11 is 0. The van der Waals surface area contributed by atoms with Gasteiger partial charge in [0.15, 0.2) is 0 Å². The summed E-state index contributed by atoms with van der Waals surface area (Å²) in [6, 6.07) is 7.79. The first-order chi connectivity index (χ1) is 13.0. The fraction of sp³-hybridized carbons (Fsp3) is 0.571. The van der Waals surface area contributed by atoms with Crippen molar-refractivity contribution in [3.63, 3.8) is 0 Å². The third-order valence-electron chi connectivity index (χ3n) is 5.05. The second-order valence-electron chi connectivity index (χ2n) is 7.21. The molecule has 1 fully saturated rings. The summed E-state index contributed by atoms with van der Waals surface area (Å²) in [6.45, 7) is 3.47. The molecule has 1 aliphatic rings. The number of piperidine rings is 1. The molecule has 0 unspecified atom stereocenters. The molecule has 1 heterocycles. The Morgan fingerprint density at radius 3 is 2.56 bits per heavy atom. The van der Waals surface area contributed by atoms with Crippen LogP contribution in [-0.2, 0) is 19.1 Å². The molecule has 6 nitrogen and oxygen atoms in total. The van der Waals surface area contributed by atoms with E-state index in [1.807, 2.05) is 36.1 Å². The number of nitrogens with zero attached hydrogens (tertiary/aromatic N) is 1. The minimum atomic E-state index is -0.273. The average molecular weight is 374 g/mol. The van der Waals surface area contributed by atoms with Crippen molar-refractivity contribution in [1.29, 1.82) is 0 Å². The van der Waals surface area contributed by atoms with Gasteiger partial charge < -0.3 is 15.0 Å². The van der Waals surface area contributed by atoms with E-state index in [1.165, 1.54) is 7.11 Å². The molecule has 148 valence electrons. The number of rotatable bonds is 8. The molecule has 0 aliphatic carbocycles. The molecule has 6 heteroatoms. The van der Waals surface area contributed by atoms with Crippen LogP contribution in [0.1, 0.15) is 50.5 Å². The van der Waals surface area contributed by atoms with E-state index in [0.29, 0.717) is 25.2 Å². The number of carbonyl (C=O) groups is 3. The van der Waals surface area contributed by atoms with Gasteiger partial charge in [-0.3, -0.25) is 14.4 Å². The van der Waals surface area contributed by atoms with Crippen LogP contribution < -0.4 is 5.32 Å². The first kappa shape index (κ1) is 20.9. The predicted octanol–water partition coefficient (Wildman–Crippen LogP) is 3.30. The van der Waals surface area contributed by atoms with E-state index in [1.54, 1.807) is 0 Å². The SMILES string of the molecule is COC(=O)CCCC(=O)N1CCC(CCC(=O)Nc2cccc(C)c2)CC1. The summed E-state index contributed by atoms with van der Waals surface area (Å²) in [7, 11) is 1.36. The molecule has 2 rings (SSSR count). The molecule has 1 saturated heterocycles. The highest BCUT2D eigenvalue weighted by Crippen LogP contribution is 2.23. The van der Waals surface area contributed by atoms with Gasteiger partial charge in [-0.2, -0.15) is 0 Å². The van der Waals surface area contributed by atoms with Gasteiger partial charge in [-0.05, 0) is 56.2 Å². The van der Waals surface area contributed by atoms with E-state index < -0.39 is 0 Å². The van der Waals surface area contributed by atoms with Crippen molar-refractivity contribution < 1.29 is 19.1 Å². The Hall–Kier alpha value is -2.37. The van der Waals surface area contributed by atoms with E-state index in [9.17, 15) is 14.4 Å². The maximum absolute atomic E-state index is 12.2. The lowest BCUT2D eigenvalue weighted by atomic mass is 9.92. The lowest BCUT2D eigenvalue weighted by molar-refractivity contribution is -0.141. The molecule has 1 aromatic rings. The van der Waals surface area contributed by atoms with Gasteiger partial charge in [0.2, 0.25) is 11.8 Å². The van der Waals surface area contributed by atoms with Crippen molar-refractivity contribution >= 4 is 23.5 Å². The summed E-state index contributed by atoms with van der Waals surface area (Å²) in [5.41, 5.74) is 1.96. The summed E-state index contributed by atoms with van der Waals surface area (Å²) in [5.74, 6) is 0.356. The van der Waals surface area contributed by atoms with E-state index in [4.69, 9.17) is 0 Å². The van der Waals surface area contributed by atoms with Crippen molar-refractivity contribution in [2.24, 2.45) is 5.92 Å². The van der Waals surface area contributed by atoms with Gasteiger partial charge in [-0.25, -0.2) is 0 Å². The van der Waals surface area contributed by atoms with Gasteiger partial charge in [0, 0.05) is 38.0 Å². The smallest absolute Gasteiger partial charge is 0.305 e. The minimum absolute atomic E-state index is 0.0434. The lowest BCUT2D eigenvalue weighted by Gasteiger charge is -2.32. The van der Waals surface area contributed by atoms with Crippen LogP contribution >= 0.6 is 0 Å². The second kappa shape index (κ2) is 10.7. The third-order valence-corrected chi connectivity index (χ3v) is 5.05. The molecule has 2 amide bonds. The Kier molecular flexibility index (Phi) is 8.30. The molecule has 0 saturated carbocycles. The maximum atomic E-state index is 12.2. The van der Waals surface area contributed by atoms with Gasteiger partial charge >= 0.3 is 5.97 Å². The summed E-state index contributed by atoms with van der Waals surface area (Å²) in [6.07, 6.45) is 4.42. The fourth-order valence-electron chi connectivity index (χ4n) is 3.40. The number of hydrogen-bond donors (Lipinski definition) is 1. The quantitative estimate of drug-likeness (QED) is 0.709. The number of nitrogens with one attached hydrogen (secondary N) is 1. The highest BCUT2D eigenvalue weighted by atomic mass is 16.5. The monoisotopic (exact) mass is 374 g/mol. The molecule has 0 radical (unpaired) electrons. The van der Waals surface area contributed by atoms with Crippen LogP contribution in [0.2, 0.25) is 0 Å². The van der Waals surface area contributed by atoms with E-state index in [2.05, 4.69) is 10.1 Å². The van der Waals surface area contributed by atoms with Crippen molar-refractivity contribution in [3.8, 4) is 0 Å². The molecular formula is C21H30N2O4. The molecule has 0 bridgehead atoms.